The third kappa shape index (κ3) is 5.49. The number of benzene rings is 2. The Bertz CT molecular complexity index is 1110. The standard InChI is InChI=1S/C27H37BN2O5/c1-25(2,3)33-24(32)29-20-11-9-15-30(17-20)23(31)19-13-14-21-18(16-19)10-8-12-22(21)28-34-26(4,5)27(6,7)35-28/h8,10,12-14,16,20H,9,11,15,17H2,1-7H3,(H,29,32)/t20-/m0/s1. The van der Waals surface area contributed by atoms with Crippen molar-refractivity contribution in [3.05, 3.63) is 42.0 Å². The smallest absolute Gasteiger partial charge is 0.444 e. The molecule has 2 fully saturated rings. The first-order chi connectivity index (χ1) is 16.3. The van der Waals surface area contributed by atoms with Gasteiger partial charge in [-0.05, 0) is 89.7 Å². The summed E-state index contributed by atoms with van der Waals surface area (Å²) in [5.74, 6) is -0.0383. The number of fused-ring (bicyclic) bond motifs is 1. The summed E-state index contributed by atoms with van der Waals surface area (Å²) in [6, 6.07) is 11.6. The van der Waals surface area contributed by atoms with E-state index in [1.54, 1.807) is 0 Å². The minimum Gasteiger partial charge on any atom is -0.444 e. The predicted octanol–water partition coefficient (Wildman–Crippen LogP) is 4.27. The molecule has 0 spiro atoms. The molecule has 2 aliphatic rings. The second kappa shape index (κ2) is 9.14. The Morgan fingerprint density at radius 3 is 2.43 bits per heavy atom. The van der Waals surface area contributed by atoms with E-state index in [2.05, 4.69) is 5.32 Å². The summed E-state index contributed by atoms with van der Waals surface area (Å²) >= 11 is 0. The first kappa shape index (κ1) is 25.5. The highest BCUT2D eigenvalue weighted by Gasteiger charge is 2.52. The number of ether oxygens (including phenoxy) is 1. The number of nitrogens with zero attached hydrogens (tertiary/aromatic N) is 1. The summed E-state index contributed by atoms with van der Waals surface area (Å²) in [5, 5.41) is 4.88. The molecule has 4 rings (SSSR count). The molecule has 1 N–H and O–H groups in total. The Kier molecular flexibility index (Phi) is 6.66. The molecule has 8 heteroatoms. The largest absolute Gasteiger partial charge is 0.495 e. The normalized spacial score (nSPS) is 21.7. The van der Waals surface area contributed by atoms with E-state index in [1.807, 2.05) is 89.8 Å². The quantitative estimate of drug-likeness (QED) is 0.665. The molecule has 35 heavy (non-hydrogen) atoms. The molecule has 1 atom stereocenters. The zero-order valence-electron chi connectivity index (χ0n) is 21.9. The molecule has 2 aliphatic heterocycles. The van der Waals surface area contributed by atoms with E-state index in [-0.39, 0.29) is 11.9 Å². The number of alkyl carbamates (subject to hydrolysis) is 1. The van der Waals surface area contributed by atoms with E-state index in [1.165, 1.54) is 0 Å². The fourth-order valence-corrected chi connectivity index (χ4v) is 4.55. The highest BCUT2D eigenvalue weighted by Crippen LogP contribution is 2.37. The minimum atomic E-state index is -0.557. The van der Waals surface area contributed by atoms with Crippen molar-refractivity contribution in [2.45, 2.75) is 84.2 Å². The van der Waals surface area contributed by atoms with Crippen LogP contribution in [0.25, 0.3) is 10.8 Å². The van der Waals surface area contributed by atoms with Crippen LogP contribution in [0.3, 0.4) is 0 Å². The van der Waals surface area contributed by atoms with Crippen LogP contribution < -0.4 is 10.8 Å². The summed E-state index contributed by atoms with van der Waals surface area (Å²) in [4.78, 5) is 27.3. The number of piperidine rings is 1. The molecule has 2 heterocycles. The van der Waals surface area contributed by atoms with Crippen LogP contribution in [0.5, 0.6) is 0 Å². The SMILES string of the molecule is CC(C)(C)OC(=O)N[C@H]1CCCN(C(=O)c2ccc3c(B4OC(C)(C)C(C)(C)O4)cccc3c2)C1. The van der Waals surface area contributed by atoms with E-state index < -0.39 is 30.0 Å². The summed E-state index contributed by atoms with van der Waals surface area (Å²) < 4.78 is 17.9. The molecule has 0 radical (unpaired) electrons. The molecule has 2 aromatic carbocycles. The Balaban J connectivity index is 1.50. The molecule has 2 aromatic rings. The van der Waals surface area contributed by atoms with Crippen LogP contribution in [-0.4, -0.2) is 60.0 Å². The van der Waals surface area contributed by atoms with Crippen LogP contribution in [0.4, 0.5) is 4.79 Å². The van der Waals surface area contributed by atoms with Crippen LogP contribution in [0.15, 0.2) is 36.4 Å². The van der Waals surface area contributed by atoms with E-state index in [4.69, 9.17) is 14.0 Å². The van der Waals surface area contributed by atoms with Gasteiger partial charge in [0.05, 0.1) is 11.2 Å². The maximum atomic E-state index is 13.3. The second-order valence-electron chi connectivity index (χ2n) is 11.6. The first-order valence-corrected chi connectivity index (χ1v) is 12.4. The monoisotopic (exact) mass is 480 g/mol. The van der Waals surface area contributed by atoms with Gasteiger partial charge in [-0.3, -0.25) is 4.79 Å². The molecule has 0 aromatic heterocycles. The topological polar surface area (TPSA) is 77.1 Å². The van der Waals surface area contributed by atoms with Crippen molar-refractivity contribution >= 4 is 35.4 Å². The van der Waals surface area contributed by atoms with Crippen molar-refractivity contribution in [3.63, 3.8) is 0 Å². The molecular formula is C27H37BN2O5. The van der Waals surface area contributed by atoms with Gasteiger partial charge in [-0.15, -0.1) is 0 Å². The lowest BCUT2D eigenvalue weighted by Gasteiger charge is -2.33. The molecule has 0 unspecified atom stereocenters. The van der Waals surface area contributed by atoms with Gasteiger partial charge in [0, 0.05) is 24.7 Å². The minimum absolute atomic E-state index is 0.0383. The van der Waals surface area contributed by atoms with Crippen LogP contribution in [0.1, 0.15) is 71.7 Å². The summed E-state index contributed by atoms with van der Waals surface area (Å²) in [5.41, 5.74) is 0.182. The maximum absolute atomic E-state index is 13.3. The average Bonchev–Trinajstić information content (AvgIpc) is 2.98. The lowest BCUT2D eigenvalue weighted by Crippen LogP contribution is -2.50. The van der Waals surface area contributed by atoms with Gasteiger partial charge < -0.3 is 24.3 Å². The van der Waals surface area contributed by atoms with Gasteiger partial charge >= 0.3 is 13.2 Å². The third-order valence-corrected chi connectivity index (χ3v) is 7.10. The molecule has 0 saturated carbocycles. The molecular weight excluding hydrogens is 443 g/mol. The van der Waals surface area contributed by atoms with E-state index in [9.17, 15) is 9.59 Å². The number of hydrogen-bond donors (Lipinski definition) is 1. The van der Waals surface area contributed by atoms with Crippen molar-refractivity contribution in [2.75, 3.05) is 13.1 Å². The van der Waals surface area contributed by atoms with Crippen LogP contribution >= 0.6 is 0 Å². The zero-order valence-corrected chi connectivity index (χ0v) is 21.9. The highest BCUT2D eigenvalue weighted by atomic mass is 16.7. The highest BCUT2D eigenvalue weighted by molar-refractivity contribution is 6.65. The number of nitrogens with one attached hydrogen (secondary N) is 1. The number of likely N-dealkylation sites (tertiary alicyclic amines) is 1. The van der Waals surface area contributed by atoms with Crippen molar-refractivity contribution in [1.29, 1.82) is 0 Å². The predicted molar refractivity (Wildman–Crippen MR) is 138 cm³/mol. The summed E-state index contributed by atoms with van der Waals surface area (Å²) in [7, 11) is -0.466. The Labute approximate surface area is 208 Å². The number of carbonyl (C=O) groups excluding carboxylic acids is 2. The lowest BCUT2D eigenvalue weighted by molar-refractivity contribution is 0.00578. The van der Waals surface area contributed by atoms with Gasteiger partial charge in [-0.25, -0.2) is 4.79 Å². The van der Waals surface area contributed by atoms with Gasteiger partial charge in [0.25, 0.3) is 5.91 Å². The van der Waals surface area contributed by atoms with Crippen LogP contribution in [0, 0.1) is 0 Å². The average molecular weight is 480 g/mol. The van der Waals surface area contributed by atoms with Crippen molar-refractivity contribution in [3.8, 4) is 0 Å². The van der Waals surface area contributed by atoms with Gasteiger partial charge in [0.2, 0.25) is 0 Å². The maximum Gasteiger partial charge on any atom is 0.495 e. The summed E-state index contributed by atoms with van der Waals surface area (Å²) in [6.45, 7) is 14.8. The molecule has 2 saturated heterocycles. The van der Waals surface area contributed by atoms with Gasteiger partial charge in [-0.1, -0.05) is 24.3 Å². The van der Waals surface area contributed by atoms with Gasteiger partial charge in [-0.2, -0.15) is 0 Å². The number of rotatable bonds is 3. The Hall–Kier alpha value is -2.58. The number of carbonyl (C=O) groups is 2. The van der Waals surface area contributed by atoms with Gasteiger partial charge in [0.15, 0.2) is 0 Å². The number of hydrogen-bond acceptors (Lipinski definition) is 5. The van der Waals surface area contributed by atoms with Gasteiger partial charge in [0.1, 0.15) is 5.60 Å². The zero-order chi connectivity index (χ0) is 25.6. The fraction of sp³-hybridized carbons (Fsp3) is 0.556. The fourth-order valence-electron chi connectivity index (χ4n) is 4.55. The molecule has 0 bridgehead atoms. The van der Waals surface area contributed by atoms with E-state index >= 15 is 0 Å². The van der Waals surface area contributed by atoms with Crippen LogP contribution in [-0.2, 0) is 14.0 Å². The summed E-state index contributed by atoms with van der Waals surface area (Å²) in [6.07, 6.45) is 1.20. The number of amides is 2. The van der Waals surface area contributed by atoms with Crippen molar-refractivity contribution < 1.29 is 23.6 Å². The van der Waals surface area contributed by atoms with Crippen molar-refractivity contribution in [1.82, 2.24) is 10.2 Å². The van der Waals surface area contributed by atoms with E-state index in [0.717, 1.165) is 29.1 Å². The molecule has 0 aliphatic carbocycles. The first-order valence-electron chi connectivity index (χ1n) is 12.4. The van der Waals surface area contributed by atoms with Crippen molar-refractivity contribution in [2.24, 2.45) is 0 Å². The lowest BCUT2D eigenvalue weighted by atomic mass is 9.76. The van der Waals surface area contributed by atoms with Crippen LogP contribution in [0.2, 0.25) is 0 Å². The third-order valence-electron chi connectivity index (χ3n) is 7.10. The molecule has 7 nitrogen and oxygen atoms in total. The molecule has 188 valence electrons. The molecule has 2 amide bonds. The second-order valence-corrected chi connectivity index (χ2v) is 11.6. The Morgan fingerprint density at radius 2 is 1.77 bits per heavy atom. The Morgan fingerprint density at radius 1 is 1.09 bits per heavy atom. The van der Waals surface area contributed by atoms with E-state index in [0.29, 0.717) is 18.7 Å².